The molecule has 1 atom stereocenters. The SMILES string of the molecule is CNC1=NC(C)(c2ccc(OC)cc2)Nc2ccc(N)cc21. The van der Waals surface area contributed by atoms with Gasteiger partial charge in [0.05, 0.1) is 7.11 Å². The molecule has 5 heteroatoms. The number of methoxy groups -OCH3 is 1. The van der Waals surface area contributed by atoms with Gasteiger partial charge in [-0.15, -0.1) is 0 Å². The van der Waals surface area contributed by atoms with E-state index in [2.05, 4.69) is 10.6 Å². The van der Waals surface area contributed by atoms with Crippen LogP contribution in [-0.4, -0.2) is 20.0 Å². The average Bonchev–Trinajstić information content (AvgIpc) is 2.54. The monoisotopic (exact) mass is 296 g/mol. The van der Waals surface area contributed by atoms with Gasteiger partial charge in [0.25, 0.3) is 0 Å². The molecular formula is C17H20N4O. The Labute approximate surface area is 130 Å². The molecule has 114 valence electrons. The van der Waals surface area contributed by atoms with Gasteiger partial charge in [-0.25, -0.2) is 4.99 Å². The molecule has 2 aromatic rings. The maximum Gasteiger partial charge on any atom is 0.155 e. The summed E-state index contributed by atoms with van der Waals surface area (Å²) in [6.45, 7) is 2.05. The van der Waals surface area contributed by atoms with Gasteiger partial charge in [-0.05, 0) is 42.8 Å². The molecule has 0 aromatic heterocycles. The van der Waals surface area contributed by atoms with E-state index in [0.717, 1.165) is 34.1 Å². The lowest BCUT2D eigenvalue weighted by atomic mass is 9.97. The van der Waals surface area contributed by atoms with Gasteiger partial charge >= 0.3 is 0 Å². The molecule has 0 amide bonds. The number of rotatable bonds is 2. The molecule has 2 aromatic carbocycles. The average molecular weight is 296 g/mol. The number of amidine groups is 1. The lowest BCUT2D eigenvalue weighted by Crippen LogP contribution is -2.38. The molecule has 1 aliphatic heterocycles. The third-order valence-electron chi connectivity index (χ3n) is 3.90. The minimum atomic E-state index is -0.548. The van der Waals surface area contributed by atoms with Gasteiger partial charge < -0.3 is 21.1 Å². The molecule has 0 spiro atoms. The highest BCUT2D eigenvalue weighted by Gasteiger charge is 2.31. The van der Waals surface area contributed by atoms with Crippen LogP contribution in [-0.2, 0) is 5.66 Å². The highest BCUT2D eigenvalue weighted by atomic mass is 16.5. The topological polar surface area (TPSA) is 71.7 Å². The number of benzene rings is 2. The van der Waals surface area contributed by atoms with Crippen molar-refractivity contribution in [2.24, 2.45) is 4.99 Å². The summed E-state index contributed by atoms with van der Waals surface area (Å²) in [5, 5.41) is 6.66. The Balaban J connectivity index is 2.06. The van der Waals surface area contributed by atoms with E-state index < -0.39 is 5.66 Å². The van der Waals surface area contributed by atoms with E-state index in [1.54, 1.807) is 7.11 Å². The Morgan fingerprint density at radius 3 is 2.55 bits per heavy atom. The summed E-state index contributed by atoms with van der Waals surface area (Å²) in [6.07, 6.45) is 0. The number of ether oxygens (including phenoxy) is 1. The Bertz CT molecular complexity index is 724. The van der Waals surface area contributed by atoms with Crippen LogP contribution in [0.3, 0.4) is 0 Å². The molecule has 0 saturated heterocycles. The van der Waals surface area contributed by atoms with Crippen LogP contribution in [0, 0.1) is 0 Å². The summed E-state index contributed by atoms with van der Waals surface area (Å²) in [5.41, 5.74) is 9.10. The van der Waals surface area contributed by atoms with Gasteiger partial charge in [-0.3, -0.25) is 0 Å². The molecular weight excluding hydrogens is 276 g/mol. The van der Waals surface area contributed by atoms with Crippen LogP contribution in [0.15, 0.2) is 47.5 Å². The van der Waals surface area contributed by atoms with E-state index in [1.807, 2.05) is 56.4 Å². The van der Waals surface area contributed by atoms with Crippen molar-refractivity contribution < 1.29 is 4.74 Å². The summed E-state index contributed by atoms with van der Waals surface area (Å²) in [7, 11) is 3.53. The first-order chi connectivity index (χ1) is 10.6. The molecule has 1 heterocycles. The number of fused-ring (bicyclic) bond motifs is 1. The molecule has 4 N–H and O–H groups in total. The number of hydrogen-bond acceptors (Lipinski definition) is 5. The Morgan fingerprint density at radius 2 is 1.91 bits per heavy atom. The second-order valence-electron chi connectivity index (χ2n) is 5.44. The maximum absolute atomic E-state index is 5.89. The molecule has 0 saturated carbocycles. The van der Waals surface area contributed by atoms with Gasteiger partial charge in [0, 0.05) is 24.0 Å². The van der Waals surface area contributed by atoms with Crippen molar-refractivity contribution in [2.75, 3.05) is 25.2 Å². The van der Waals surface area contributed by atoms with E-state index >= 15 is 0 Å². The molecule has 3 rings (SSSR count). The first-order valence-electron chi connectivity index (χ1n) is 7.16. The Morgan fingerprint density at radius 1 is 1.18 bits per heavy atom. The number of anilines is 2. The molecule has 0 bridgehead atoms. The molecule has 22 heavy (non-hydrogen) atoms. The predicted molar refractivity (Wildman–Crippen MR) is 90.4 cm³/mol. The second kappa shape index (κ2) is 5.26. The largest absolute Gasteiger partial charge is 0.497 e. The standard InChI is InChI=1S/C17H20N4O/c1-17(11-4-7-13(22-3)8-5-11)20-15-9-6-12(18)10-14(15)16(19-2)21-17/h4-10,20H,18H2,1-3H3,(H,19,21). The molecule has 5 nitrogen and oxygen atoms in total. The van der Waals surface area contributed by atoms with Crippen LogP contribution < -0.4 is 21.1 Å². The second-order valence-corrected chi connectivity index (χ2v) is 5.44. The minimum Gasteiger partial charge on any atom is -0.497 e. The quantitative estimate of drug-likeness (QED) is 0.745. The first-order valence-corrected chi connectivity index (χ1v) is 7.16. The van der Waals surface area contributed by atoms with Crippen molar-refractivity contribution in [2.45, 2.75) is 12.6 Å². The number of nitrogens with zero attached hydrogens (tertiary/aromatic N) is 1. The number of nitrogens with two attached hydrogens (primary N) is 1. The van der Waals surface area contributed by atoms with E-state index in [9.17, 15) is 0 Å². The lowest BCUT2D eigenvalue weighted by Gasteiger charge is -2.34. The predicted octanol–water partition coefficient (Wildman–Crippen LogP) is 2.54. The summed E-state index contributed by atoms with van der Waals surface area (Å²) >= 11 is 0. The van der Waals surface area contributed by atoms with E-state index in [0.29, 0.717) is 0 Å². The first kappa shape index (κ1) is 14.3. The highest BCUT2D eigenvalue weighted by molar-refractivity contribution is 6.05. The number of aliphatic imine (C=N–C) groups is 1. The van der Waals surface area contributed by atoms with Gasteiger partial charge in [0.2, 0.25) is 0 Å². The van der Waals surface area contributed by atoms with Crippen LogP contribution in [0.1, 0.15) is 18.1 Å². The van der Waals surface area contributed by atoms with Crippen LogP contribution in [0.5, 0.6) is 5.75 Å². The van der Waals surface area contributed by atoms with Crippen molar-refractivity contribution in [3.8, 4) is 5.75 Å². The number of nitrogens with one attached hydrogen (secondary N) is 2. The number of nitrogen functional groups attached to an aromatic ring is 1. The zero-order valence-corrected chi connectivity index (χ0v) is 13.0. The van der Waals surface area contributed by atoms with Crippen molar-refractivity contribution in [3.63, 3.8) is 0 Å². The molecule has 1 unspecified atom stereocenters. The Hall–Kier alpha value is -2.69. The van der Waals surface area contributed by atoms with E-state index in [-0.39, 0.29) is 0 Å². The maximum atomic E-state index is 5.89. The summed E-state index contributed by atoms with van der Waals surface area (Å²) in [5.74, 6) is 1.65. The van der Waals surface area contributed by atoms with Crippen LogP contribution in [0.4, 0.5) is 11.4 Å². The summed E-state index contributed by atoms with van der Waals surface area (Å²) in [6, 6.07) is 13.7. The van der Waals surface area contributed by atoms with Crippen molar-refractivity contribution >= 4 is 17.2 Å². The summed E-state index contributed by atoms with van der Waals surface area (Å²) in [4.78, 5) is 4.84. The van der Waals surface area contributed by atoms with Gasteiger partial charge in [0.1, 0.15) is 11.6 Å². The van der Waals surface area contributed by atoms with Crippen molar-refractivity contribution in [1.82, 2.24) is 5.32 Å². The van der Waals surface area contributed by atoms with Gasteiger partial charge in [0.15, 0.2) is 5.66 Å². The lowest BCUT2D eigenvalue weighted by molar-refractivity contribution is 0.414. The molecule has 1 aliphatic rings. The molecule has 0 fully saturated rings. The molecule has 0 aliphatic carbocycles. The molecule has 0 radical (unpaired) electrons. The highest BCUT2D eigenvalue weighted by Crippen LogP contribution is 2.35. The van der Waals surface area contributed by atoms with Gasteiger partial charge in [-0.1, -0.05) is 12.1 Å². The third-order valence-corrected chi connectivity index (χ3v) is 3.90. The fraction of sp³-hybridized carbons (Fsp3) is 0.235. The fourth-order valence-electron chi connectivity index (χ4n) is 2.68. The van der Waals surface area contributed by atoms with Crippen molar-refractivity contribution in [3.05, 3.63) is 53.6 Å². The Kier molecular flexibility index (Phi) is 3.41. The van der Waals surface area contributed by atoms with Crippen molar-refractivity contribution in [1.29, 1.82) is 0 Å². The summed E-state index contributed by atoms with van der Waals surface area (Å²) < 4.78 is 5.22. The van der Waals surface area contributed by atoms with E-state index in [1.165, 1.54) is 0 Å². The zero-order valence-electron chi connectivity index (χ0n) is 13.0. The smallest absolute Gasteiger partial charge is 0.155 e. The van der Waals surface area contributed by atoms with E-state index in [4.69, 9.17) is 15.5 Å². The van der Waals surface area contributed by atoms with Gasteiger partial charge in [-0.2, -0.15) is 0 Å². The van der Waals surface area contributed by atoms with Crippen LogP contribution in [0.25, 0.3) is 0 Å². The normalized spacial score (nSPS) is 19.7. The minimum absolute atomic E-state index is 0.548. The van der Waals surface area contributed by atoms with Crippen LogP contribution >= 0.6 is 0 Å². The fourth-order valence-corrected chi connectivity index (χ4v) is 2.68. The third kappa shape index (κ3) is 2.35. The van der Waals surface area contributed by atoms with Crippen LogP contribution in [0.2, 0.25) is 0 Å². The number of hydrogen-bond donors (Lipinski definition) is 3. The zero-order chi connectivity index (χ0) is 15.7.